The van der Waals surface area contributed by atoms with Crippen LogP contribution < -0.4 is 0 Å². The number of hydrogen-bond donors (Lipinski definition) is 2. The number of aliphatic hydroxyl groups excluding tert-OH is 1. The van der Waals surface area contributed by atoms with E-state index in [1.54, 1.807) is 0 Å². The van der Waals surface area contributed by atoms with Gasteiger partial charge in [0.05, 0.1) is 19.8 Å². The molecule has 0 saturated carbocycles. The normalized spacial score (nSPS) is 14.1. The van der Waals surface area contributed by atoms with Crippen molar-refractivity contribution in [2.45, 2.75) is 226 Å². The van der Waals surface area contributed by atoms with Crippen LogP contribution in [0.1, 0.15) is 213 Å². The summed E-state index contributed by atoms with van der Waals surface area (Å²) in [5.74, 6) is -1.57. The summed E-state index contributed by atoms with van der Waals surface area (Å²) < 4.78 is 39.2. The highest BCUT2D eigenvalue weighted by Crippen LogP contribution is 2.43. The maximum atomic E-state index is 12.8. The van der Waals surface area contributed by atoms with Crippen LogP contribution in [-0.4, -0.2) is 66.5 Å². The van der Waals surface area contributed by atoms with E-state index in [0.717, 1.165) is 96.3 Å². The van der Waals surface area contributed by atoms with E-state index in [9.17, 15) is 28.9 Å². The van der Waals surface area contributed by atoms with Gasteiger partial charge >= 0.3 is 25.7 Å². The van der Waals surface area contributed by atoms with Gasteiger partial charge in [0, 0.05) is 19.3 Å². The molecule has 0 aromatic heterocycles. The predicted molar refractivity (Wildman–Crippen MR) is 279 cm³/mol. The van der Waals surface area contributed by atoms with Gasteiger partial charge in [0.1, 0.15) is 12.7 Å². The number of carbonyl (C=O) groups is 3. The lowest BCUT2D eigenvalue weighted by atomic mass is 10.1. The Bertz CT molecular complexity index is 1460. The third-order valence-electron chi connectivity index (χ3n) is 10.8. The summed E-state index contributed by atoms with van der Waals surface area (Å²) in [7, 11) is -4.76. The molecule has 0 saturated heterocycles. The topological polar surface area (TPSA) is 155 Å². The number of unbranched alkanes of at least 4 members (excludes halogenated alkanes) is 17. The SMILES string of the molecule is CC/C=C\C/C=C\C/C=C\C/C=C\CCC(=O)OC(CO)COP(=O)(O)OCC(COC(=O)CCCCCCCCCCC)OC(=O)CCCCCCCC/C=C\C/C=C\C/C=C\CCCCC. The molecule has 0 radical (unpaired) electrons. The van der Waals surface area contributed by atoms with Gasteiger partial charge in [0.25, 0.3) is 0 Å². The fourth-order valence-corrected chi connectivity index (χ4v) is 7.57. The van der Waals surface area contributed by atoms with Crippen molar-refractivity contribution in [3.05, 3.63) is 85.1 Å². The van der Waals surface area contributed by atoms with Gasteiger partial charge in [-0.25, -0.2) is 4.57 Å². The molecule has 11 nitrogen and oxygen atoms in total. The monoisotopic (exact) mass is 975 g/mol. The number of carbonyl (C=O) groups excluding carboxylic acids is 3. The van der Waals surface area contributed by atoms with Crippen molar-refractivity contribution in [1.82, 2.24) is 0 Å². The molecule has 0 fully saturated rings. The quantitative estimate of drug-likeness (QED) is 0.0197. The van der Waals surface area contributed by atoms with Gasteiger partial charge < -0.3 is 24.2 Å². The lowest BCUT2D eigenvalue weighted by Gasteiger charge is -2.21. The number of aliphatic hydroxyl groups is 1. The van der Waals surface area contributed by atoms with E-state index in [-0.39, 0.29) is 25.9 Å². The van der Waals surface area contributed by atoms with Crippen molar-refractivity contribution >= 4 is 25.7 Å². The fraction of sp³-hybridized carbons (Fsp3) is 0.696. The average Bonchev–Trinajstić information content (AvgIpc) is 3.32. The van der Waals surface area contributed by atoms with E-state index >= 15 is 0 Å². The van der Waals surface area contributed by atoms with Crippen molar-refractivity contribution in [3.8, 4) is 0 Å². The zero-order valence-electron chi connectivity index (χ0n) is 42.8. The van der Waals surface area contributed by atoms with Crippen LogP contribution in [0.15, 0.2) is 85.1 Å². The Balaban J connectivity index is 4.77. The minimum Gasteiger partial charge on any atom is -0.462 e. The van der Waals surface area contributed by atoms with E-state index in [1.807, 2.05) is 18.2 Å². The lowest BCUT2D eigenvalue weighted by Crippen LogP contribution is -2.30. The van der Waals surface area contributed by atoms with Gasteiger partial charge in [-0.05, 0) is 83.5 Å². The Morgan fingerprint density at radius 1 is 0.426 bits per heavy atom. The van der Waals surface area contributed by atoms with E-state index in [4.69, 9.17) is 23.3 Å². The molecule has 0 amide bonds. The second kappa shape index (κ2) is 50.1. The van der Waals surface area contributed by atoms with Crippen LogP contribution in [0, 0.1) is 0 Å². The summed E-state index contributed by atoms with van der Waals surface area (Å²) in [6, 6.07) is 0. The van der Waals surface area contributed by atoms with Gasteiger partial charge in [-0.15, -0.1) is 0 Å². The van der Waals surface area contributed by atoms with Crippen molar-refractivity contribution in [2.75, 3.05) is 26.4 Å². The minimum absolute atomic E-state index is 0.0528. The molecule has 0 spiro atoms. The first-order chi connectivity index (χ1) is 33.2. The summed E-state index contributed by atoms with van der Waals surface area (Å²) in [6.07, 6.45) is 55.7. The van der Waals surface area contributed by atoms with Gasteiger partial charge in [-0.2, -0.15) is 0 Å². The Morgan fingerprint density at radius 2 is 0.794 bits per heavy atom. The van der Waals surface area contributed by atoms with Crippen LogP contribution in [0.25, 0.3) is 0 Å². The van der Waals surface area contributed by atoms with E-state index in [1.165, 1.54) is 57.8 Å². The second-order valence-corrected chi connectivity index (χ2v) is 18.8. The zero-order chi connectivity index (χ0) is 49.9. The average molecular weight is 975 g/mol. The summed E-state index contributed by atoms with van der Waals surface area (Å²) >= 11 is 0. The highest BCUT2D eigenvalue weighted by Gasteiger charge is 2.28. The van der Waals surface area contributed by atoms with Crippen molar-refractivity contribution in [1.29, 1.82) is 0 Å². The Kier molecular flexibility index (Phi) is 47.6. The van der Waals surface area contributed by atoms with Crippen molar-refractivity contribution in [2.24, 2.45) is 0 Å². The molecule has 12 heteroatoms. The number of rotatable bonds is 48. The first kappa shape index (κ1) is 64.7. The molecule has 3 atom stereocenters. The molecule has 68 heavy (non-hydrogen) atoms. The van der Waals surface area contributed by atoms with Crippen molar-refractivity contribution < 1.29 is 52.2 Å². The van der Waals surface area contributed by atoms with E-state index < -0.39 is 57.8 Å². The smallest absolute Gasteiger partial charge is 0.462 e. The first-order valence-electron chi connectivity index (χ1n) is 26.5. The van der Waals surface area contributed by atoms with Crippen LogP contribution in [0.2, 0.25) is 0 Å². The van der Waals surface area contributed by atoms with E-state index in [0.29, 0.717) is 19.3 Å². The van der Waals surface area contributed by atoms with Crippen molar-refractivity contribution in [3.63, 3.8) is 0 Å². The van der Waals surface area contributed by atoms with Gasteiger partial charge in [-0.3, -0.25) is 23.4 Å². The third-order valence-corrected chi connectivity index (χ3v) is 11.8. The molecule has 0 aliphatic rings. The predicted octanol–water partition coefficient (Wildman–Crippen LogP) is 15.1. The molecule has 0 aliphatic carbocycles. The van der Waals surface area contributed by atoms with Crippen LogP contribution in [0.3, 0.4) is 0 Å². The molecule has 0 heterocycles. The minimum atomic E-state index is -4.76. The lowest BCUT2D eigenvalue weighted by molar-refractivity contribution is -0.161. The summed E-state index contributed by atoms with van der Waals surface area (Å²) in [6.45, 7) is 4.36. The molecule has 0 rings (SSSR count). The molecule has 0 aromatic carbocycles. The number of phosphoric acid groups is 1. The Labute approximate surface area is 413 Å². The molecular formula is C56H95O11P. The zero-order valence-corrected chi connectivity index (χ0v) is 43.7. The van der Waals surface area contributed by atoms with Crippen LogP contribution >= 0.6 is 7.82 Å². The molecule has 0 aliphatic heterocycles. The third kappa shape index (κ3) is 47.7. The molecule has 3 unspecified atom stereocenters. The molecule has 390 valence electrons. The maximum Gasteiger partial charge on any atom is 0.472 e. The summed E-state index contributed by atoms with van der Waals surface area (Å²) in [4.78, 5) is 48.2. The van der Waals surface area contributed by atoms with Gasteiger partial charge in [0.15, 0.2) is 6.10 Å². The number of allylic oxidation sites excluding steroid dienone is 14. The molecule has 2 N–H and O–H groups in total. The molecule has 0 aromatic rings. The largest absolute Gasteiger partial charge is 0.472 e. The first-order valence-corrected chi connectivity index (χ1v) is 28.0. The molecule has 0 bridgehead atoms. The van der Waals surface area contributed by atoms with Gasteiger partial charge in [-0.1, -0.05) is 196 Å². The summed E-state index contributed by atoms with van der Waals surface area (Å²) in [5, 5.41) is 9.75. The Morgan fingerprint density at radius 3 is 1.29 bits per heavy atom. The molecular weight excluding hydrogens is 880 g/mol. The highest BCUT2D eigenvalue weighted by atomic mass is 31.2. The maximum absolute atomic E-state index is 12.8. The fourth-order valence-electron chi connectivity index (χ4n) is 6.79. The van der Waals surface area contributed by atoms with Crippen LogP contribution in [-0.2, 0) is 42.2 Å². The Hall–Kier alpha value is -3.34. The van der Waals surface area contributed by atoms with E-state index in [2.05, 4.69) is 87.6 Å². The number of hydrogen-bond acceptors (Lipinski definition) is 10. The van der Waals surface area contributed by atoms with Crippen LogP contribution in [0.5, 0.6) is 0 Å². The highest BCUT2D eigenvalue weighted by molar-refractivity contribution is 7.47. The second-order valence-electron chi connectivity index (χ2n) is 17.3. The summed E-state index contributed by atoms with van der Waals surface area (Å²) in [5.41, 5.74) is 0. The van der Waals surface area contributed by atoms with Gasteiger partial charge in [0.2, 0.25) is 0 Å². The van der Waals surface area contributed by atoms with Crippen LogP contribution in [0.4, 0.5) is 0 Å². The number of esters is 3. The number of ether oxygens (including phenoxy) is 3. The standard InChI is InChI=1S/C56H95O11P/c1-4-7-10-13-16-19-21-23-24-25-26-27-28-30-32-35-38-41-44-47-56(60)67-53(49-63-54(58)45-42-39-36-33-18-15-12-9-6-3)51-65-68(61,62)64-50-52(48-57)66-55(59)46-43-40-37-34-31-29-22-20-17-14-11-8-5-2/h8,11,16-17,19-20,23-24,26-27,29,31,37,40,52-53,57H,4-7,9-10,12-15,18,21-22,25,28,30,32-36,38-39,41-51H2,1-3H3,(H,61,62)/b11-8-,19-16-,20-17-,24-23-,27-26-,31-29-,40-37-. The number of phosphoric ester groups is 1.